The van der Waals surface area contributed by atoms with E-state index >= 15 is 0 Å². The molecule has 1 aliphatic heterocycles. The molecule has 0 unspecified atom stereocenters. The zero-order valence-electron chi connectivity index (χ0n) is 14.3. The summed E-state index contributed by atoms with van der Waals surface area (Å²) in [7, 11) is 0. The summed E-state index contributed by atoms with van der Waals surface area (Å²) in [5, 5.41) is 4.78. The van der Waals surface area contributed by atoms with Crippen LogP contribution in [0.25, 0.3) is 6.08 Å². The monoisotopic (exact) mass is 354 g/mol. The molecule has 0 atom stereocenters. The Hall–Kier alpha value is -2.40. The van der Waals surface area contributed by atoms with Crippen LogP contribution >= 0.6 is 11.3 Å². The Balaban J connectivity index is 1.63. The standard InChI is InChI=1S/C20H22N2O2S/c1-15-9-11-22(12-10-15)20(24)16-4-2-5-17(14-16)21-19(23)8-7-18-6-3-13-25-18/h2-8,13-15H,9-12H2,1H3,(H,21,23)/b8-7+. The van der Waals surface area contributed by atoms with E-state index in [1.807, 2.05) is 22.4 Å². The first-order chi connectivity index (χ1) is 12.1. The van der Waals surface area contributed by atoms with Crippen LogP contribution in [0.15, 0.2) is 47.9 Å². The quantitative estimate of drug-likeness (QED) is 0.834. The first-order valence-electron chi connectivity index (χ1n) is 8.54. The van der Waals surface area contributed by atoms with Crippen LogP contribution in [0.5, 0.6) is 0 Å². The highest BCUT2D eigenvalue weighted by atomic mass is 32.1. The van der Waals surface area contributed by atoms with Crippen molar-refractivity contribution in [1.29, 1.82) is 0 Å². The zero-order chi connectivity index (χ0) is 17.6. The smallest absolute Gasteiger partial charge is 0.253 e. The molecule has 0 saturated carbocycles. The lowest BCUT2D eigenvalue weighted by Gasteiger charge is -2.30. The molecule has 2 amide bonds. The van der Waals surface area contributed by atoms with Gasteiger partial charge in [-0.15, -0.1) is 11.3 Å². The van der Waals surface area contributed by atoms with Crippen LogP contribution in [-0.2, 0) is 4.79 Å². The average Bonchev–Trinajstić information content (AvgIpc) is 3.14. The number of nitrogens with one attached hydrogen (secondary N) is 1. The van der Waals surface area contributed by atoms with Crippen LogP contribution in [0.3, 0.4) is 0 Å². The summed E-state index contributed by atoms with van der Waals surface area (Å²) in [6, 6.07) is 11.0. The number of amides is 2. The van der Waals surface area contributed by atoms with Gasteiger partial charge in [-0.2, -0.15) is 0 Å². The van der Waals surface area contributed by atoms with E-state index in [-0.39, 0.29) is 11.8 Å². The largest absolute Gasteiger partial charge is 0.339 e. The molecule has 2 aromatic rings. The first kappa shape index (κ1) is 17.4. The summed E-state index contributed by atoms with van der Waals surface area (Å²) in [6.07, 6.45) is 5.39. The Morgan fingerprint density at radius 2 is 2.00 bits per heavy atom. The minimum absolute atomic E-state index is 0.0390. The summed E-state index contributed by atoms with van der Waals surface area (Å²) < 4.78 is 0. The van der Waals surface area contributed by atoms with Crippen molar-refractivity contribution in [2.75, 3.05) is 18.4 Å². The van der Waals surface area contributed by atoms with Gasteiger partial charge in [-0.1, -0.05) is 19.1 Å². The summed E-state index contributed by atoms with van der Waals surface area (Å²) in [5.74, 6) is 0.520. The second kappa shape index (κ2) is 8.12. The maximum Gasteiger partial charge on any atom is 0.253 e. The van der Waals surface area contributed by atoms with Gasteiger partial charge in [-0.05, 0) is 54.5 Å². The molecule has 1 aliphatic rings. The molecular formula is C20H22N2O2S. The third kappa shape index (κ3) is 4.79. The molecule has 0 spiro atoms. The van der Waals surface area contributed by atoms with Crippen LogP contribution < -0.4 is 5.32 Å². The number of carbonyl (C=O) groups excluding carboxylic acids is 2. The number of rotatable bonds is 4. The van der Waals surface area contributed by atoms with Gasteiger partial charge in [-0.25, -0.2) is 0 Å². The van der Waals surface area contributed by atoms with E-state index in [9.17, 15) is 9.59 Å². The van der Waals surface area contributed by atoms with Gasteiger partial charge in [0.25, 0.3) is 5.91 Å². The van der Waals surface area contributed by atoms with Gasteiger partial charge in [0.15, 0.2) is 0 Å². The molecule has 2 heterocycles. The van der Waals surface area contributed by atoms with E-state index in [1.54, 1.807) is 41.7 Å². The van der Waals surface area contributed by atoms with Gasteiger partial charge >= 0.3 is 0 Å². The maximum atomic E-state index is 12.6. The van der Waals surface area contributed by atoms with Crippen molar-refractivity contribution in [3.8, 4) is 0 Å². The van der Waals surface area contributed by atoms with Crippen molar-refractivity contribution in [3.05, 3.63) is 58.3 Å². The molecule has 4 nitrogen and oxygen atoms in total. The summed E-state index contributed by atoms with van der Waals surface area (Å²) in [6.45, 7) is 3.84. The molecule has 5 heteroatoms. The lowest BCUT2D eigenvalue weighted by atomic mass is 9.98. The number of carbonyl (C=O) groups is 2. The highest BCUT2D eigenvalue weighted by Crippen LogP contribution is 2.19. The molecule has 0 bridgehead atoms. The summed E-state index contributed by atoms with van der Waals surface area (Å²) >= 11 is 1.58. The van der Waals surface area contributed by atoms with Gasteiger partial charge in [-0.3, -0.25) is 9.59 Å². The molecule has 1 aromatic heterocycles. The van der Waals surface area contributed by atoms with E-state index < -0.39 is 0 Å². The van der Waals surface area contributed by atoms with E-state index in [0.29, 0.717) is 17.2 Å². The van der Waals surface area contributed by atoms with Crippen molar-refractivity contribution < 1.29 is 9.59 Å². The highest BCUT2D eigenvalue weighted by molar-refractivity contribution is 7.10. The number of hydrogen-bond acceptors (Lipinski definition) is 3. The van der Waals surface area contributed by atoms with Gasteiger partial charge in [0.05, 0.1) is 0 Å². The molecule has 3 rings (SSSR count). The summed E-state index contributed by atoms with van der Waals surface area (Å²) in [5.41, 5.74) is 1.26. The van der Waals surface area contributed by atoms with Gasteiger partial charge in [0.1, 0.15) is 0 Å². The topological polar surface area (TPSA) is 49.4 Å². The van der Waals surface area contributed by atoms with Crippen molar-refractivity contribution in [2.24, 2.45) is 5.92 Å². The molecule has 25 heavy (non-hydrogen) atoms. The van der Waals surface area contributed by atoms with E-state index in [1.165, 1.54) is 6.08 Å². The first-order valence-corrected chi connectivity index (χ1v) is 9.42. The molecular weight excluding hydrogens is 332 g/mol. The molecule has 0 radical (unpaired) electrons. The Kier molecular flexibility index (Phi) is 5.66. The third-order valence-corrected chi connectivity index (χ3v) is 5.23. The summed E-state index contributed by atoms with van der Waals surface area (Å²) in [4.78, 5) is 27.6. The predicted molar refractivity (Wildman–Crippen MR) is 103 cm³/mol. The number of hydrogen-bond donors (Lipinski definition) is 1. The Morgan fingerprint density at radius 3 is 2.72 bits per heavy atom. The number of likely N-dealkylation sites (tertiary alicyclic amines) is 1. The average molecular weight is 354 g/mol. The normalized spacial score (nSPS) is 15.5. The molecule has 1 aromatic carbocycles. The van der Waals surface area contributed by atoms with Crippen LogP contribution in [0, 0.1) is 5.92 Å². The number of thiophene rings is 1. The fraction of sp³-hybridized carbons (Fsp3) is 0.300. The second-order valence-corrected chi connectivity index (χ2v) is 7.37. The molecule has 1 saturated heterocycles. The molecule has 0 aliphatic carbocycles. The minimum atomic E-state index is -0.204. The lowest BCUT2D eigenvalue weighted by Crippen LogP contribution is -2.37. The number of anilines is 1. The van der Waals surface area contributed by atoms with Crippen molar-refractivity contribution in [1.82, 2.24) is 4.90 Å². The third-order valence-electron chi connectivity index (χ3n) is 4.39. The van der Waals surface area contributed by atoms with E-state index in [2.05, 4.69) is 12.2 Å². The van der Waals surface area contributed by atoms with E-state index in [4.69, 9.17) is 0 Å². The van der Waals surface area contributed by atoms with Gasteiger partial charge in [0.2, 0.25) is 5.91 Å². The van der Waals surface area contributed by atoms with Crippen molar-refractivity contribution >= 4 is 34.9 Å². The van der Waals surface area contributed by atoms with Crippen LogP contribution in [0.2, 0.25) is 0 Å². The Morgan fingerprint density at radius 1 is 1.20 bits per heavy atom. The number of piperidine rings is 1. The molecule has 130 valence electrons. The van der Waals surface area contributed by atoms with Crippen molar-refractivity contribution in [2.45, 2.75) is 19.8 Å². The fourth-order valence-electron chi connectivity index (χ4n) is 2.85. The van der Waals surface area contributed by atoms with Crippen LogP contribution in [-0.4, -0.2) is 29.8 Å². The maximum absolute atomic E-state index is 12.6. The number of nitrogens with zero attached hydrogens (tertiary/aromatic N) is 1. The van der Waals surface area contributed by atoms with Crippen LogP contribution in [0.1, 0.15) is 35.0 Å². The van der Waals surface area contributed by atoms with Crippen molar-refractivity contribution in [3.63, 3.8) is 0 Å². The predicted octanol–water partition coefficient (Wildman–Crippen LogP) is 4.27. The Bertz CT molecular complexity index is 760. The Labute approximate surface area is 152 Å². The SMILES string of the molecule is CC1CCN(C(=O)c2cccc(NC(=O)/C=C/c3cccs3)c2)CC1. The molecule has 1 fully saturated rings. The van der Waals surface area contributed by atoms with Gasteiger partial charge in [0, 0.05) is 35.3 Å². The van der Waals surface area contributed by atoms with Crippen LogP contribution in [0.4, 0.5) is 5.69 Å². The fourth-order valence-corrected chi connectivity index (χ4v) is 3.47. The van der Waals surface area contributed by atoms with E-state index in [0.717, 1.165) is 30.8 Å². The second-order valence-electron chi connectivity index (χ2n) is 6.39. The van der Waals surface area contributed by atoms with Gasteiger partial charge < -0.3 is 10.2 Å². The molecule has 1 N–H and O–H groups in total. The highest BCUT2D eigenvalue weighted by Gasteiger charge is 2.21. The number of benzene rings is 1. The lowest BCUT2D eigenvalue weighted by molar-refractivity contribution is -0.111. The zero-order valence-corrected chi connectivity index (χ0v) is 15.1. The minimum Gasteiger partial charge on any atom is -0.339 e.